The molecule has 0 atom stereocenters. The highest BCUT2D eigenvalue weighted by Crippen LogP contribution is 2.27. The Hall–Kier alpha value is -2.51. The molecule has 30 heavy (non-hydrogen) atoms. The number of piperazine rings is 1. The van der Waals surface area contributed by atoms with Gasteiger partial charge in [0.2, 0.25) is 0 Å². The average Bonchev–Trinajstić information content (AvgIpc) is 2.77. The van der Waals surface area contributed by atoms with Gasteiger partial charge in [0.05, 0.1) is 5.69 Å². The van der Waals surface area contributed by atoms with Crippen molar-refractivity contribution in [3.63, 3.8) is 0 Å². The second-order valence-electron chi connectivity index (χ2n) is 7.45. The number of unbranched alkanes of at least 4 members (excludes halogenated alkanes) is 1. The van der Waals surface area contributed by atoms with Gasteiger partial charge in [-0.3, -0.25) is 9.69 Å². The Balaban J connectivity index is 1.40. The summed E-state index contributed by atoms with van der Waals surface area (Å²) in [7, 11) is 0. The van der Waals surface area contributed by atoms with E-state index in [-0.39, 0.29) is 5.78 Å². The molecule has 2 amide bonds. The van der Waals surface area contributed by atoms with Crippen LogP contribution in [0.25, 0.3) is 0 Å². The standard InChI is InChI=1S/C23H30N4O2S/c1-30-22-11-10-18(17-20(22)25-23(24)29)21(28)9-5-6-12-26-13-15-27(16-14-26)19-7-3-2-4-8-19/h2-4,7-8,10-11,17H,5-6,9,12-16H2,1H3,(H3,24,25,29). The first kappa shape index (κ1) is 22.2. The van der Waals surface area contributed by atoms with Crippen molar-refractivity contribution in [2.45, 2.75) is 24.2 Å². The number of benzene rings is 2. The maximum atomic E-state index is 12.6. The maximum Gasteiger partial charge on any atom is 0.316 e. The molecule has 0 saturated carbocycles. The molecule has 0 spiro atoms. The topological polar surface area (TPSA) is 78.7 Å². The molecule has 6 nitrogen and oxygen atoms in total. The van der Waals surface area contributed by atoms with E-state index in [4.69, 9.17) is 5.73 Å². The molecule has 0 aliphatic carbocycles. The lowest BCUT2D eigenvalue weighted by atomic mass is 10.0. The largest absolute Gasteiger partial charge is 0.369 e. The van der Waals surface area contributed by atoms with Crippen molar-refractivity contribution < 1.29 is 9.59 Å². The van der Waals surface area contributed by atoms with Crippen molar-refractivity contribution in [3.8, 4) is 0 Å². The van der Waals surface area contributed by atoms with Crippen LogP contribution in [0.5, 0.6) is 0 Å². The molecule has 7 heteroatoms. The van der Waals surface area contributed by atoms with Gasteiger partial charge in [0, 0.05) is 48.7 Å². The van der Waals surface area contributed by atoms with Crippen molar-refractivity contribution in [3.05, 3.63) is 54.1 Å². The lowest BCUT2D eigenvalue weighted by Gasteiger charge is -2.36. The van der Waals surface area contributed by atoms with Crippen LogP contribution in [0.4, 0.5) is 16.2 Å². The number of nitrogens with two attached hydrogens (primary N) is 1. The number of Topliss-reactive ketones (excluding diaryl/α,β-unsaturated/α-hetero) is 1. The smallest absolute Gasteiger partial charge is 0.316 e. The first-order valence-electron chi connectivity index (χ1n) is 10.4. The Bertz CT molecular complexity index is 852. The fourth-order valence-electron chi connectivity index (χ4n) is 3.75. The lowest BCUT2D eigenvalue weighted by molar-refractivity contribution is 0.0977. The molecule has 1 aliphatic rings. The first-order valence-corrected chi connectivity index (χ1v) is 11.6. The molecule has 160 valence electrons. The van der Waals surface area contributed by atoms with Gasteiger partial charge in [-0.05, 0) is 49.9 Å². The van der Waals surface area contributed by atoms with Gasteiger partial charge in [-0.25, -0.2) is 4.79 Å². The monoisotopic (exact) mass is 426 g/mol. The SMILES string of the molecule is CSc1ccc(C(=O)CCCCN2CCN(c3ccccc3)CC2)cc1NC(N)=O. The number of carbonyl (C=O) groups excluding carboxylic acids is 2. The minimum atomic E-state index is -0.623. The zero-order valence-electron chi connectivity index (χ0n) is 17.5. The third-order valence-electron chi connectivity index (χ3n) is 5.40. The second kappa shape index (κ2) is 11.0. The summed E-state index contributed by atoms with van der Waals surface area (Å²) in [5.41, 5.74) is 7.74. The average molecular weight is 427 g/mol. The number of amides is 2. The molecule has 2 aromatic rings. The number of primary amides is 1. The van der Waals surface area contributed by atoms with Gasteiger partial charge in [0.25, 0.3) is 0 Å². The van der Waals surface area contributed by atoms with Crippen molar-refractivity contribution >= 4 is 35.0 Å². The van der Waals surface area contributed by atoms with Crippen LogP contribution in [-0.2, 0) is 0 Å². The van der Waals surface area contributed by atoms with Gasteiger partial charge < -0.3 is 16.0 Å². The number of hydrogen-bond acceptors (Lipinski definition) is 5. The van der Waals surface area contributed by atoms with E-state index in [1.54, 1.807) is 6.07 Å². The van der Waals surface area contributed by atoms with Crippen molar-refractivity contribution in [2.24, 2.45) is 5.73 Å². The van der Waals surface area contributed by atoms with Gasteiger partial charge in [-0.1, -0.05) is 24.3 Å². The van der Waals surface area contributed by atoms with Crippen LogP contribution in [-0.4, -0.2) is 55.7 Å². The molecule has 0 aromatic heterocycles. The molecule has 0 bridgehead atoms. The summed E-state index contributed by atoms with van der Waals surface area (Å²) < 4.78 is 0. The number of para-hydroxylation sites is 1. The molecule has 0 unspecified atom stereocenters. The number of nitrogens with one attached hydrogen (secondary N) is 1. The molecular weight excluding hydrogens is 396 g/mol. The van der Waals surface area contributed by atoms with Crippen LogP contribution in [0.1, 0.15) is 29.6 Å². The number of rotatable bonds is 9. The van der Waals surface area contributed by atoms with E-state index in [2.05, 4.69) is 39.4 Å². The van der Waals surface area contributed by atoms with Crippen LogP contribution >= 0.6 is 11.8 Å². The first-order chi connectivity index (χ1) is 14.6. The van der Waals surface area contributed by atoms with Crippen molar-refractivity contribution in [1.29, 1.82) is 0 Å². The molecule has 1 heterocycles. The second-order valence-corrected chi connectivity index (χ2v) is 8.30. The molecule has 1 fully saturated rings. The fraction of sp³-hybridized carbons (Fsp3) is 0.391. The molecular formula is C23H30N4O2S. The third-order valence-corrected chi connectivity index (χ3v) is 6.20. The Labute approximate surface area is 182 Å². The highest BCUT2D eigenvalue weighted by molar-refractivity contribution is 7.98. The summed E-state index contributed by atoms with van der Waals surface area (Å²) in [4.78, 5) is 29.5. The minimum Gasteiger partial charge on any atom is -0.369 e. The molecule has 3 N–H and O–H groups in total. The summed E-state index contributed by atoms with van der Waals surface area (Å²) >= 11 is 1.50. The number of urea groups is 1. The van der Waals surface area contributed by atoms with Gasteiger partial charge in [-0.2, -0.15) is 0 Å². The van der Waals surface area contributed by atoms with Gasteiger partial charge >= 0.3 is 6.03 Å². The number of thioether (sulfide) groups is 1. The molecule has 0 radical (unpaired) electrons. The van der Waals surface area contributed by atoms with E-state index in [1.165, 1.54) is 17.4 Å². The summed E-state index contributed by atoms with van der Waals surface area (Å²) in [5.74, 6) is 0.101. The quantitative estimate of drug-likeness (QED) is 0.359. The zero-order chi connectivity index (χ0) is 21.3. The van der Waals surface area contributed by atoms with Gasteiger partial charge in [0.15, 0.2) is 5.78 Å². The Morgan fingerprint density at radius 3 is 2.43 bits per heavy atom. The van der Waals surface area contributed by atoms with E-state index in [9.17, 15) is 9.59 Å². The number of ketones is 1. The van der Waals surface area contributed by atoms with Crippen LogP contribution in [0.3, 0.4) is 0 Å². The Morgan fingerprint density at radius 1 is 1.03 bits per heavy atom. The van der Waals surface area contributed by atoms with E-state index in [1.807, 2.05) is 24.5 Å². The third kappa shape index (κ3) is 6.24. The highest BCUT2D eigenvalue weighted by atomic mass is 32.2. The summed E-state index contributed by atoms with van der Waals surface area (Å²) in [6, 6.07) is 15.3. The van der Waals surface area contributed by atoms with E-state index in [0.717, 1.165) is 50.5 Å². The molecule has 1 saturated heterocycles. The van der Waals surface area contributed by atoms with Crippen LogP contribution < -0.4 is 16.0 Å². The minimum absolute atomic E-state index is 0.101. The number of carbonyl (C=O) groups is 2. The predicted octanol–water partition coefficient (Wildman–Crippen LogP) is 4.07. The molecule has 2 aromatic carbocycles. The summed E-state index contributed by atoms with van der Waals surface area (Å²) in [5, 5.41) is 2.60. The van der Waals surface area contributed by atoms with E-state index >= 15 is 0 Å². The van der Waals surface area contributed by atoms with Crippen LogP contribution in [0.15, 0.2) is 53.4 Å². The number of anilines is 2. The lowest BCUT2D eigenvalue weighted by Crippen LogP contribution is -2.46. The van der Waals surface area contributed by atoms with Crippen molar-refractivity contribution in [1.82, 2.24) is 4.90 Å². The zero-order valence-corrected chi connectivity index (χ0v) is 18.3. The van der Waals surface area contributed by atoms with Crippen molar-refractivity contribution in [2.75, 3.05) is 49.2 Å². The summed E-state index contributed by atoms with van der Waals surface area (Å²) in [6.07, 6.45) is 4.30. The van der Waals surface area contributed by atoms with E-state index < -0.39 is 6.03 Å². The fourth-order valence-corrected chi connectivity index (χ4v) is 4.28. The normalized spacial score (nSPS) is 14.5. The van der Waals surface area contributed by atoms with Crippen LogP contribution in [0.2, 0.25) is 0 Å². The molecule has 1 aliphatic heterocycles. The highest BCUT2D eigenvalue weighted by Gasteiger charge is 2.17. The number of nitrogens with zero attached hydrogens (tertiary/aromatic N) is 2. The Kier molecular flexibility index (Phi) is 8.16. The maximum absolute atomic E-state index is 12.6. The predicted molar refractivity (Wildman–Crippen MR) is 125 cm³/mol. The number of hydrogen-bond donors (Lipinski definition) is 2. The molecule has 3 rings (SSSR count). The van der Waals surface area contributed by atoms with Gasteiger partial charge in [-0.15, -0.1) is 11.8 Å². The van der Waals surface area contributed by atoms with Crippen LogP contribution in [0, 0.1) is 0 Å². The summed E-state index contributed by atoms with van der Waals surface area (Å²) in [6.45, 7) is 5.22. The van der Waals surface area contributed by atoms with Gasteiger partial charge in [0.1, 0.15) is 0 Å². The Morgan fingerprint density at radius 2 is 1.77 bits per heavy atom. The van der Waals surface area contributed by atoms with E-state index in [0.29, 0.717) is 17.7 Å².